The van der Waals surface area contributed by atoms with Crippen molar-refractivity contribution in [2.24, 2.45) is 5.92 Å². The van der Waals surface area contributed by atoms with Crippen molar-refractivity contribution < 1.29 is 62.1 Å². The summed E-state index contributed by atoms with van der Waals surface area (Å²) in [6.07, 6.45) is 6.13. The van der Waals surface area contributed by atoms with Crippen LogP contribution in [0.5, 0.6) is 0 Å². The zero-order chi connectivity index (χ0) is 35.6. The Morgan fingerprint density at radius 3 is 2.09 bits per heavy atom. The number of rotatable bonds is 9. The number of allylic oxidation sites excluding steroid dienone is 2. The molecule has 47 heavy (non-hydrogen) atoms. The molecule has 1 heterocycles. The molecular weight excluding hydrogens is 686 g/mol. The van der Waals surface area contributed by atoms with E-state index < -0.39 is 31.1 Å². The Hall–Kier alpha value is -3.75. The average molecular weight is 717 g/mol. The van der Waals surface area contributed by atoms with E-state index in [2.05, 4.69) is 38.6 Å². The Balaban J connectivity index is 0.000000339. The Morgan fingerprint density at radius 1 is 1.00 bits per heavy atom. The first kappa shape index (κ1) is 37.7. The van der Waals surface area contributed by atoms with Crippen molar-refractivity contribution in [3.8, 4) is 0 Å². The maximum absolute atomic E-state index is 12.6. The van der Waals surface area contributed by atoms with Crippen molar-refractivity contribution in [1.29, 1.82) is 0 Å². The third kappa shape index (κ3) is 9.42. The number of hydrogen-bond donors (Lipinski definition) is 1. The van der Waals surface area contributed by atoms with Crippen molar-refractivity contribution in [2.75, 3.05) is 39.6 Å². The minimum atomic E-state index is -6.72. The molecular formula is C27H30F6N4O8S2. The van der Waals surface area contributed by atoms with Gasteiger partial charge in [0, 0.05) is 30.2 Å². The van der Waals surface area contributed by atoms with Crippen molar-refractivity contribution >= 4 is 37.4 Å². The molecule has 1 aliphatic carbocycles. The number of anilines is 1. The zero-order valence-electron chi connectivity index (χ0n) is 24.9. The summed E-state index contributed by atoms with van der Waals surface area (Å²) in [6.45, 7) is 1.36. The quantitative estimate of drug-likeness (QED) is 0.0649. The lowest BCUT2D eigenvalue weighted by molar-refractivity contribution is -0.870. The molecule has 0 bridgehead atoms. The second-order valence-corrected chi connectivity index (χ2v) is 15.0. The van der Waals surface area contributed by atoms with E-state index in [-0.39, 0.29) is 28.5 Å². The Bertz CT molecular complexity index is 1680. The van der Waals surface area contributed by atoms with Gasteiger partial charge in [0.25, 0.3) is 5.69 Å². The SMILES string of the molecule is C[N+](C)(C)CCCOC(=O)c1ccc2c(c1)C1C=CCC1C(c1ccc([N+](=O)[O-])cc1)N2.O=S(=O)([N-]S(=O)(=O)C(F)(F)F)C(F)(F)F. The number of fused-ring (bicyclic) bond motifs is 3. The van der Waals surface area contributed by atoms with Gasteiger partial charge in [0.05, 0.1) is 50.8 Å². The second kappa shape index (κ2) is 13.8. The summed E-state index contributed by atoms with van der Waals surface area (Å²) in [5, 5.41) is 14.6. The first-order valence-corrected chi connectivity index (χ1v) is 16.5. The number of nitro benzene ring substituents is 1. The fraction of sp³-hybridized carbons (Fsp3) is 0.444. The summed E-state index contributed by atoms with van der Waals surface area (Å²) in [5.41, 5.74) is -8.62. The Kier molecular flexibility index (Phi) is 11.0. The smallest absolute Gasteiger partial charge is 0.462 e. The van der Waals surface area contributed by atoms with Crippen LogP contribution in [0.1, 0.15) is 46.3 Å². The summed E-state index contributed by atoms with van der Waals surface area (Å²) >= 11 is 0. The first-order valence-electron chi connectivity index (χ1n) is 13.6. The number of halogens is 6. The monoisotopic (exact) mass is 716 g/mol. The van der Waals surface area contributed by atoms with E-state index in [0.29, 0.717) is 18.1 Å². The predicted molar refractivity (Wildman–Crippen MR) is 157 cm³/mol. The van der Waals surface area contributed by atoms with E-state index >= 15 is 0 Å². The summed E-state index contributed by atoms with van der Waals surface area (Å²) in [7, 11) is -7.09. The fourth-order valence-corrected chi connectivity index (χ4v) is 6.57. The van der Waals surface area contributed by atoms with Crippen LogP contribution in [0.4, 0.5) is 37.7 Å². The Labute approximate surface area is 266 Å². The van der Waals surface area contributed by atoms with E-state index in [9.17, 15) is 58.1 Å². The van der Waals surface area contributed by atoms with Gasteiger partial charge in [-0.1, -0.05) is 24.3 Å². The van der Waals surface area contributed by atoms with E-state index in [4.69, 9.17) is 4.74 Å². The molecule has 2 aliphatic rings. The fourth-order valence-electron chi connectivity index (χ4n) is 4.86. The zero-order valence-corrected chi connectivity index (χ0v) is 26.6. The summed E-state index contributed by atoms with van der Waals surface area (Å²) in [5.74, 6) is 0.197. The van der Waals surface area contributed by atoms with Crippen LogP contribution in [0.25, 0.3) is 4.13 Å². The number of carbonyl (C=O) groups excluding carboxylic acids is 1. The molecule has 0 radical (unpaired) electrons. The lowest BCUT2D eigenvalue weighted by Crippen LogP contribution is -2.35. The normalized spacial score (nSPS) is 19.5. The van der Waals surface area contributed by atoms with Gasteiger partial charge in [-0.15, -0.1) is 0 Å². The third-order valence-corrected chi connectivity index (χ3v) is 9.79. The largest absolute Gasteiger partial charge is 0.480 e. The second-order valence-electron chi connectivity index (χ2n) is 11.5. The molecule has 1 aliphatic heterocycles. The van der Waals surface area contributed by atoms with E-state index in [1.807, 2.05) is 24.3 Å². The molecule has 3 atom stereocenters. The summed E-state index contributed by atoms with van der Waals surface area (Å²) in [6, 6.07) is 12.5. The van der Waals surface area contributed by atoms with Crippen molar-refractivity contribution in [3.05, 3.63) is 85.5 Å². The van der Waals surface area contributed by atoms with Gasteiger partial charge >= 0.3 is 17.0 Å². The van der Waals surface area contributed by atoms with Gasteiger partial charge in [-0.3, -0.25) is 10.1 Å². The standard InChI is InChI=1S/C25H29N3O4.C2F6NO4S2/c1-28(2,3)14-5-15-32-25(29)18-10-13-23-22(16-18)20-6-4-7-21(20)24(26-23)17-8-11-19(12-9-17)27(30)31;3-1(4,5)14(10,11)9-15(12,13)2(6,7)8/h4,6,8-13,16,20-21,24H,5,7,14-15H2,1-3H3;/q;-1/p+1. The molecule has 20 heteroatoms. The lowest BCUT2D eigenvalue weighted by Gasteiger charge is -2.37. The van der Waals surface area contributed by atoms with Crippen molar-refractivity contribution in [2.45, 2.75) is 35.8 Å². The van der Waals surface area contributed by atoms with Gasteiger partial charge in [-0.2, -0.15) is 26.3 Å². The number of non-ortho nitro benzene ring substituents is 1. The van der Waals surface area contributed by atoms with Crippen LogP contribution in [-0.2, 0) is 24.8 Å². The summed E-state index contributed by atoms with van der Waals surface area (Å²) < 4.78 is 116. The van der Waals surface area contributed by atoms with E-state index in [0.717, 1.165) is 44.8 Å². The molecule has 12 nitrogen and oxygen atoms in total. The number of nitrogens with one attached hydrogen (secondary N) is 1. The van der Waals surface area contributed by atoms with Crippen LogP contribution in [0, 0.1) is 16.0 Å². The number of alkyl halides is 6. The molecule has 0 spiro atoms. The van der Waals surface area contributed by atoms with Gasteiger partial charge in [0.1, 0.15) is 0 Å². The number of hydrogen-bond acceptors (Lipinski definition) is 9. The van der Waals surface area contributed by atoms with Crippen LogP contribution in [0.3, 0.4) is 0 Å². The first-order chi connectivity index (χ1) is 21.4. The highest BCUT2D eigenvalue weighted by Crippen LogP contribution is 2.50. The predicted octanol–water partition coefficient (Wildman–Crippen LogP) is 5.73. The number of sulfonamides is 2. The molecule has 0 saturated carbocycles. The highest BCUT2D eigenvalue weighted by Gasteiger charge is 2.47. The number of nitro groups is 1. The maximum atomic E-state index is 12.6. The van der Waals surface area contributed by atoms with Crippen LogP contribution in [-0.4, -0.2) is 77.5 Å². The minimum Gasteiger partial charge on any atom is -0.462 e. The van der Waals surface area contributed by atoms with Crippen molar-refractivity contribution in [3.63, 3.8) is 0 Å². The number of carbonyl (C=O) groups is 1. The number of quaternary nitrogens is 1. The summed E-state index contributed by atoms with van der Waals surface area (Å²) in [4.78, 5) is 23.2. The highest BCUT2D eigenvalue weighted by molar-refractivity contribution is 8.13. The van der Waals surface area contributed by atoms with Gasteiger partial charge < -0.3 is 18.7 Å². The van der Waals surface area contributed by atoms with E-state index in [1.165, 1.54) is 0 Å². The van der Waals surface area contributed by atoms with Crippen LogP contribution < -0.4 is 5.32 Å². The molecule has 2 aromatic rings. The molecule has 0 fully saturated rings. The van der Waals surface area contributed by atoms with Crippen LogP contribution in [0.2, 0.25) is 0 Å². The van der Waals surface area contributed by atoms with Gasteiger partial charge in [-0.25, -0.2) is 21.6 Å². The maximum Gasteiger partial charge on any atom is 0.480 e. The lowest BCUT2D eigenvalue weighted by atomic mass is 9.76. The third-order valence-electron chi connectivity index (χ3n) is 7.05. The van der Waals surface area contributed by atoms with Crippen LogP contribution >= 0.6 is 0 Å². The van der Waals surface area contributed by atoms with Gasteiger partial charge in [0.15, 0.2) is 20.0 Å². The van der Waals surface area contributed by atoms with Crippen molar-refractivity contribution in [1.82, 2.24) is 0 Å². The molecule has 2 aromatic carbocycles. The average Bonchev–Trinajstić information content (AvgIpc) is 3.43. The topological polar surface area (TPSA) is 164 Å². The number of esters is 1. The Morgan fingerprint density at radius 2 is 1.57 bits per heavy atom. The minimum absolute atomic E-state index is 0.0524. The molecule has 0 aromatic heterocycles. The number of nitrogens with zero attached hydrogens (tertiary/aromatic N) is 3. The molecule has 260 valence electrons. The van der Waals surface area contributed by atoms with Gasteiger partial charge in [-0.05, 0) is 41.7 Å². The van der Waals surface area contributed by atoms with Gasteiger partial charge in [0.2, 0.25) is 0 Å². The molecule has 3 unspecified atom stereocenters. The number of benzene rings is 2. The highest BCUT2D eigenvalue weighted by atomic mass is 32.3. The molecule has 0 saturated heterocycles. The molecule has 0 amide bonds. The molecule has 1 N–H and O–H groups in total. The van der Waals surface area contributed by atoms with Crippen LogP contribution in [0.15, 0.2) is 54.6 Å². The molecule has 4 rings (SSSR count). The number of ether oxygens (including phenoxy) is 1. The van der Waals surface area contributed by atoms with E-state index in [1.54, 1.807) is 18.2 Å².